The highest BCUT2D eigenvalue weighted by molar-refractivity contribution is 5.92. The molecule has 1 aromatic rings. The van der Waals surface area contributed by atoms with Gasteiger partial charge in [-0.15, -0.1) is 0 Å². The Morgan fingerprint density at radius 3 is 2.55 bits per heavy atom. The molecule has 0 saturated heterocycles. The largest absolute Gasteiger partial charge is 0.478 e. The second-order valence-corrected chi connectivity index (χ2v) is 8.06. The van der Waals surface area contributed by atoms with Gasteiger partial charge in [0.05, 0.1) is 16.9 Å². The minimum absolute atomic E-state index is 0.274. The Labute approximate surface area is 174 Å². The molecule has 0 atom stereocenters. The summed E-state index contributed by atoms with van der Waals surface area (Å²) >= 11 is 0. The van der Waals surface area contributed by atoms with Gasteiger partial charge in [0.25, 0.3) is 0 Å². The molecular weight excluding hydrogens is 364 g/mol. The third-order valence-corrected chi connectivity index (χ3v) is 5.67. The van der Waals surface area contributed by atoms with Gasteiger partial charge in [-0.1, -0.05) is 38.7 Å². The molecule has 0 radical (unpaired) electrons. The monoisotopic (exact) mass is 398 g/mol. The van der Waals surface area contributed by atoms with Gasteiger partial charge in [-0.3, -0.25) is 0 Å². The normalized spacial score (nSPS) is 16.9. The number of carboxylic acids is 1. The van der Waals surface area contributed by atoms with Crippen molar-refractivity contribution in [3.63, 3.8) is 0 Å². The van der Waals surface area contributed by atoms with Crippen LogP contribution < -0.4 is 15.4 Å². The number of carboxylic acid groups (broad SMARTS) is 1. The molecule has 2 aliphatic carbocycles. The number of benzene rings is 1. The van der Waals surface area contributed by atoms with E-state index in [1.54, 1.807) is 12.1 Å². The molecular formula is C24H34N2O3. The lowest BCUT2D eigenvalue weighted by Gasteiger charge is -2.24. The molecule has 0 aliphatic heterocycles. The molecule has 158 valence electrons. The van der Waals surface area contributed by atoms with Crippen LogP contribution in [0.2, 0.25) is 0 Å². The molecule has 0 aromatic heterocycles. The lowest BCUT2D eigenvalue weighted by Crippen LogP contribution is -2.18. The summed E-state index contributed by atoms with van der Waals surface area (Å²) in [4.78, 5) is 11.7. The Bertz CT molecular complexity index is 749. The van der Waals surface area contributed by atoms with Gasteiger partial charge in [-0.05, 0) is 62.3 Å². The maximum atomic E-state index is 11.7. The van der Waals surface area contributed by atoms with Crippen LogP contribution in [0, 0.1) is 5.92 Å². The molecule has 29 heavy (non-hydrogen) atoms. The first-order chi connectivity index (χ1) is 14.2. The van der Waals surface area contributed by atoms with Crippen LogP contribution in [-0.4, -0.2) is 24.2 Å². The Morgan fingerprint density at radius 1 is 1.14 bits per heavy atom. The molecule has 0 unspecified atom stereocenters. The van der Waals surface area contributed by atoms with Crippen LogP contribution in [0.1, 0.15) is 75.1 Å². The van der Waals surface area contributed by atoms with Gasteiger partial charge in [-0.25, -0.2) is 4.79 Å². The van der Waals surface area contributed by atoms with Crippen LogP contribution in [0.15, 0.2) is 36.1 Å². The van der Waals surface area contributed by atoms with Crippen LogP contribution in [0.4, 0.5) is 11.4 Å². The van der Waals surface area contributed by atoms with E-state index in [1.807, 2.05) is 6.08 Å². The summed E-state index contributed by atoms with van der Waals surface area (Å²) in [6, 6.07) is 3.39. The van der Waals surface area contributed by atoms with E-state index in [9.17, 15) is 9.90 Å². The zero-order valence-electron chi connectivity index (χ0n) is 17.5. The minimum Gasteiger partial charge on any atom is -0.478 e. The second-order valence-electron chi connectivity index (χ2n) is 8.06. The number of anilines is 2. The van der Waals surface area contributed by atoms with Crippen molar-refractivity contribution in [1.29, 1.82) is 0 Å². The van der Waals surface area contributed by atoms with Crippen LogP contribution in [0.3, 0.4) is 0 Å². The highest BCUT2D eigenvalue weighted by atomic mass is 16.5. The third kappa shape index (κ3) is 6.28. The smallest absolute Gasteiger partial charge is 0.335 e. The standard InChI is InChI=1S/C24H34N2O3/c1-2-3-14-25-21-15-19(24(27)28)16-22(26-17-18-10-6-4-7-11-18)23(21)29-20-12-8-5-9-13-20/h8,12-13,15-16,18,25-26H,2-7,9-11,14,17H2,1H3,(H,27,28). The SMILES string of the molecule is CCCCNc1cc(C(=O)O)cc(NCC2CCCCC2)c1OC1=CCCC=C1. The average molecular weight is 399 g/mol. The summed E-state index contributed by atoms with van der Waals surface area (Å²) in [6.07, 6.45) is 16.6. The number of unbranched alkanes of at least 4 members (excludes halogenated alkanes) is 1. The molecule has 1 fully saturated rings. The number of rotatable bonds is 10. The van der Waals surface area contributed by atoms with Crippen LogP contribution in [0.5, 0.6) is 5.75 Å². The fraction of sp³-hybridized carbons (Fsp3) is 0.542. The van der Waals surface area contributed by atoms with Crippen molar-refractivity contribution in [2.75, 3.05) is 23.7 Å². The predicted octanol–water partition coefficient (Wildman–Crippen LogP) is 6.20. The van der Waals surface area contributed by atoms with Crippen LogP contribution in [0.25, 0.3) is 0 Å². The number of hydrogen-bond acceptors (Lipinski definition) is 4. The molecule has 3 N–H and O–H groups in total. The predicted molar refractivity (Wildman–Crippen MR) is 119 cm³/mol. The summed E-state index contributed by atoms with van der Waals surface area (Å²) in [5.41, 5.74) is 1.77. The average Bonchev–Trinajstić information content (AvgIpc) is 2.75. The number of carbonyl (C=O) groups is 1. The van der Waals surface area contributed by atoms with Crippen molar-refractivity contribution in [3.05, 3.63) is 41.7 Å². The highest BCUT2D eigenvalue weighted by Crippen LogP contribution is 2.38. The van der Waals surface area contributed by atoms with Crippen molar-refractivity contribution in [2.24, 2.45) is 5.92 Å². The summed E-state index contributed by atoms with van der Waals surface area (Å²) < 4.78 is 6.28. The third-order valence-electron chi connectivity index (χ3n) is 5.67. The zero-order valence-corrected chi connectivity index (χ0v) is 17.5. The second kappa shape index (κ2) is 10.9. The number of hydrogen-bond donors (Lipinski definition) is 3. The Morgan fingerprint density at radius 2 is 1.90 bits per heavy atom. The topological polar surface area (TPSA) is 70.6 Å². The van der Waals surface area contributed by atoms with Gasteiger partial charge in [0.15, 0.2) is 5.75 Å². The quantitative estimate of drug-likeness (QED) is 0.409. The van der Waals surface area contributed by atoms with Gasteiger partial charge in [0, 0.05) is 13.1 Å². The maximum absolute atomic E-state index is 11.7. The zero-order chi connectivity index (χ0) is 20.5. The number of ether oxygens (including phenoxy) is 1. The van der Waals surface area contributed by atoms with E-state index in [1.165, 1.54) is 32.1 Å². The molecule has 1 saturated carbocycles. The van der Waals surface area contributed by atoms with Crippen molar-refractivity contribution in [1.82, 2.24) is 0 Å². The highest BCUT2D eigenvalue weighted by Gasteiger charge is 2.19. The molecule has 5 heteroatoms. The maximum Gasteiger partial charge on any atom is 0.335 e. The van der Waals surface area contributed by atoms with Gasteiger partial charge in [0.2, 0.25) is 0 Å². The lowest BCUT2D eigenvalue weighted by atomic mass is 9.89. The van der Waals surface area contributed by atoms with Gasteiger partial charge < -0.3 is 20.5 Å². The van der Waals surface area contributed by atoms with E-state index < -0.39 is 5.97 Å². The molecule has 0 bridgehead atoms. The number of nitrogens with one attached hydrogen (secondary N) is 2. The molecule has 1 aromatic carbocycles. The van der Waals surface area contributed by atoms with Crippen molar-refractivity contribution in [3.8, 4) is 5.75 Å². The van der Waals surface area contributed by atoms with E-state index in [4.69, 9.17) is 4.74 Å². The Hall–Kier alpha value is -2.43. The number of aromatic carboxylic acids is 1. The van der Waals surface area contributed by atoms with E-state index in [0.717, 1.165) is 55.9 Å². The van der Waals surface area contributed by atoms with Crippen LogP contribution in [-0.2, 0) is 0 Å². The fourth-order valence-corrected chi connectivity index (χ4v) is 3.95. The van der Waals surface area contributed by atoms with E-state index >= 15 is 0 Å². The molecule has 2 aliphatic rings. The summed E-state index contributed by atoms with van der Waals surface area (Å²) in [5, 5.41) is 16.5. The molecule has 3 rings (SSSR count). The Kier molecular flexibility index (Phi) is 8.03. The molecule has 0 heterocycles. The van der Waals surface area contributed by atoms with Gasteiger partial charge >= 0.3 is 5.97 Å². The van der Waals surface area contributed by atoms with Crippen LogP contribution >= 0.6 is 0 Å². The summed E-state index contributed by atoms with van der Waals surface area (Å²) in [5.74, 6) is 1.22. The van der Waals surface area contributed by atoms with E-state index in [-0.39, 0.29) is 5.56 Å². The fourth-order valence-electron chi connectivity index (χ4n) is 3.95. The van der Waals surface area contributed by atoms with E-state index in [0.29, 0.717) is 11.7 Å². The van der Waals surface area contributed by atoms with Gasteiger partial charge in [-0.2, -0.15) is 0 Å². The summed E-state index contributed by atoms with van der Waals surface area (Å²) in [6.45, 7) is 3.77. The first kappa shape index (κ1) is 21.3. The Balaban J connectivity index is 1.88. The first-order valence-corrected chi connectivity index (χ1v) is 11.1. The summed E-state index contributed by atoms with van der Waals surface area (Å²) in [7, 11) is 0. The molecule has 0 spiro atoms. The minimum atomic E-state index is -0.924. The van der Waals surface area contributed by atoms with Gasteiger partial charge in [0.1, 0.15) is 5.76 Å². The van der Waals surface area contributed by atoms with Crippen molar-refractivity contribution >= 4 is 17.3 Å². The molecule has 0 amide bonds. The van der Waals surface area contributed by atoms with Crippen molar-refractivity contribution in [2.45, 2.75) is 64.7 Å². The molecule has 5 nitrogen and oxygen atoms in total. The van der Waals surface area contributed by atoms with E-state index in [2.05, 4.69) is 29.7 Å². The van der Waals surface area contributed by atoms with Crippen molar-refractivity contribution < 1.29 is 14.6 Å². The first-order valence-electron chi connectivity index (χ1n) is 11.1. The number of allylic oxidation sites excluding steroid dienone is 3. The lowest BCUT2D eigenvalue weighted by molar-refractivity contribution is 0.0697.